The number of carbonyl (C=O) groups excluding carboxylic acids is 1. The average molecular weight is 296 g/mol. The van der Waals surface area contributed by atoms with Crippen LogP contribution in [0, 0.1) is 5.92 Å². The Morgan fingerprint density at radius 2 is 1.75 bits per heavy atom. The molecule has 1 aliphatic carbocycles. The van der Waals surface area contributed by atoms with Crippen LogP contribution in [0.2, 0.25) is 0 Å². The summed E-state index contributed by atoms with van der Waals surface area (Å²) in [5.41, 5.74) is 5.98. The molecule has 1 aromatic rings. The molecule has 1 aliphatic rings. The van der Waals surface area contributed by atoms with Crippen LogP contribution < -0.4 is 10.5 Å². The highest BCUT2D eigenvalue weighted by molar-refractivity contribution is 7.90. The summed E-state index contributed by atoms with van der Waals surface area (Å²) in [6, 6.07) is 7.63. The second-order valence-electron chi connectivity index (χ2n) is 5.19. The Bertz CT molecular complexity index is 557. The zero-order valence-corrected chi connectivity index (χ0v) is 12.1. The number of carbonyl (C=O) groups is 1. The minimum absolute atomic E-state index is 0.0931. The summed E-state index contributed by atoms with van der Waals surface area (Å²) in [6.07, 6.45) is 4.37. The zero-order chi connectivity index (χ0) is 14.6. The second kappa shape index (κ2) is 6.37. The maximum atomic E-state index is 12.2. The van der Waals surface area contributed by atoms with Crippen molar-refractivity contribution in [2.45, 2.75) is 43.0 Å². The molecule has 1 amide bonds. The summed E-state index contributed by atoms with van der Waals surface area (Å²) < 4.78 is 26.4. The normalized spacial score (nSPS) is 23.9. The molecule has 1 aromatic carbocycles. The van der Waals surface area contributed by atoms with Crippen LogP contribution in [0.25, 0.3) is 0 Å². The van der Waals surface area contributed by atoms with Crippen molar-refractivity contribution in [3.05, 3.63) is 30.3 Å². The van der Waals surface area contributed by atoms with Gasteiger partial charge in [-0.05, 0) is 25.0 Å². The lowest BCUT2D eigenvalue weighted by Gasteiger charge is -2.20. The molecule has 0 aromatic heterocycles. The molecule has 110 valence electrons. The molecule has 1 saturated carbocycles. The number of hydrogen-bond donors (Lipinski definition) is 2. The first kappa shape index (κ1) is 15.0. The zero-order valence-electron chi connectivity index (χ0n) is 11.3. The Labute approximate surface area is 119 Å². The molecule has 2 unspecified atom stereocenters. The van der Waals surface area contributed by atoms with Gasteiger partial charge in [-0.3, -0.25) is 4.79 Å². The average Bonchev–Trinajstić information content (AvgIpc) is 2.64. The Morgan fingerprint density at radius 1 is 1.10 bits per heavy atom. The van der Waals surface area contributed by atoms with Crippen LogP contribution in [0.5, 0.6) is 0 Å². The fraction of sp³-hybridized carbons (Fsp3) is 0.500. The third-order valence-electron chi connectivity index (χ3n) is 3.69. The summed E-state index contributed by atoms with van der Waals surface area (Å²) in [7, 11) is -3.80. The van der Waals surface area contributed by atoms with E-state index in [0.717, 1.165) is 25.7 Å². The molecule has 0 spiro atoms. The van der Waals surface area contributed by atoms with Gasteiger partial charge in [-0.1, -0.05) is 37.5 Å². The molecule has 0 radical (unpaired) electrons. The molecular weight excluding hydrogens is 276 g/mol. The predicted molar refractivity (Wildman–Crippen MR) is 76.3 cm³/mol. The van der Waals surface area contributed by atoms with Crippen molar-refractivity contribution in [1.29, 1.82) is 0 Å². The van der Waals surface area contributed by atoms with Crippen molar-refractivity contribution in [1.82, 2.24) is 4.72 Å². The topological polar surface area (TPSA) is 89.3 Å². The smallest absolute Gasteiger partial charge is 0.264 e. The first-order valence-corrected chi connectivity index (χ1v) is 8.36. The molecule has 0 saturated heterocycles. The molecule has 2 atom stereocenters. The minimum atomic E-state index is -3.80. The first-order chi connectivity index (χ1) is 9.50. The van der Waals surface area contributed by atoms with Gasteiger partial charge < -0.3 is 5.73 Å². The standard InChI is InChI=1S/C14H20N2O3S/c15-13-10-6-2-5-9-12(13)14(17)16-20(18,19)11-7-3-1-4-8-11/h1,3-4,7-8,12-13H,2,5-6,9-10,15H2,(H,16,17). The summed E-state index contributed by atoms with van der Waals surface area (Å²) in [5.74, 6) is -0.903. The van der Waals surface area contributed by atoms with E-state index in [1.165, 1.54) is 12.1 Å². The van der Waals surface area contributed by atoms with Crippen LogP contribution in [0.3, 0.4) is 0 Å². The number of sulfonamides is 1. The number of nitrogens with one attached hydrogen (secondary N) is 1. The maximum Gasteiger partial charge on any atom is 0.264 e. The molecule has 0 aliphatic heterocycles. The van der Waals surface area contributed by atoms with Crippen molar-refractivity contribution >= 4 is 15.9 Å². The third kappa shape index (κ3) is 3.58. The van der Waals surface area contributed by atoms with Gasteiger partial charge in [0.05, 0.1) is 10.8 Å². The fourth-order valence-corrected chi connectivity index (χ4v) is 3.58. The Morgan fingerprint density at radius 3 is 2.45 bits per heavy atom. The highest BCUT2D eigenvalue weighted by atomic mass is 32.2. The van der Waals surface area contributed by atoms with Crippen LogP contribution >= 0.6 is 0 Å². The van der Waals surface area contributed by atoms with Gasteiger partial charge in [0.25, 0.3) is 10.0 Å². The molecule has 2 rings (SSSR count). The maximum absolute atomic E-state index is 12.2. The number of benzene rings is 1. The van der Waals surface area contributed by atoms with E-state index in [0.29, 0.717) is 6.42 Å². The first-order valence-electron chi connectivity index (χ1n) is 6.88. The molecule has 0 heterocycles. The van der Waals surface area contributed by atoms with Crippen LogP contribution in [-0.4, -0.2) is 20.4 Å². The Hall–Kier alpha value is -1.40. The minimum Gasteiger partial charge on any atom is -0.327 e. The lowest BCUT2D eigenvalue weighted by atomic mass is 9.95. The van der Waals surface area contributed by atoms with Gasteiger partial charge in [0.1, 0.15) is 0 Å². The van der Waals surface area contributed by atoms with Gasteiger partial charge in [-0.2, -0.15) is 0 Å². The Balaban J connectivity index is 2.10. The summed E-state index contributed by atoms with van der Waals surface area (Å²) in [6.45, 7) is 0. The van der Waals surface area contributed by atoms with E-state index in [9.17, 15) is 13.2 Å². The summed E-state index contributed by atoms with van der Waals surface area (Å²) in [4.78, 5) is 12.3. The van der Waals surface area contributed by atoms with E-state index in [1.54, 1.807) is 18.2 Å². The molecule has 3 N–H and O–H groups in total. The van der Waals surface area contributed by atoms with Crippen LogP contribution in [0.4, 0.5) is 0 Å². The fourth-order valence-electron chi connectivity index (χ4n) is 2.53. The largest absolute Gasteiger partial charge is 0.327 e. The van der Waals surface area contributed by atoms with Crippen LogP contribution in [-0.2, 0) is 14.8 Å². The highest BCUT2D eigenvalue weighted by Gasteiger charge is 2.30. The van der Waals surface area contributed by atoms with Gasteiger partial charge in [0.2, 0.25) is 5.91 Å². The van der Waals surface area contributed by atoms with Crippen molar-refractivity contribution in [3.8, 4) is 0 Å². The van der Waals surface area contributed by atoms with Crippen molar-refractivity contribution in [3.63, 3.8) is 0 Å². The van der Waals surface area contributed by atoms with Crippen molar-refractivity contribution in [2.75, 3.05) is 0 Å². The molecule has 6 heteroatoms. The molecular formula is C14H20N2O3S. The SMILES string of the molecule is NC1CCCCCC1C(=O)NS(=O)(=O)c1ccccc1. The van der Waals surface area contributed by atoms with E-state index >= 15 is 0 Å². The van der Waals surface area contributed by atoms with Gasteiger partial charge in [0.15, 0.2) is 0 Å². The van der Waals surface area contributed by atoms with Gasteiger partial charge in [0, 0.05) is 6.04 Å². The molecule has 1 fully saturated rings. The summed E-state index contributed by atoms with van der Waals surface area (Å²) >= 11 is 0. The van der Waals surface area contributed by atoms with E-state index < -0.39 is 21.8 Å². The van der Waals surface area contributed by atoms with Crippen molar-refractivity contribution in [2.24, 2.45) is 11.7 Å². The van der Waals surface area contributed by atoms with E-state index in [1.807, 2.05) is 0 Å². The lowest BCUT2D eigenvalue weighted by molar-refractivity contribution is -0.123. The number of amides is 1. The predicted octanol–water partition coefficient (Wildman–Crippen LogP) is 1.40. The van der Waals surface area contributed by atoms with E-state index in [-0.39, 0.29) is 10.9 Å². The van der Waals surface area contributed by atoms with Crippen molar-refractivity contribution < 1.29 is 13.2 Å². The van der Waals surface area contributed by atoms with E-state index in [2.05, 4.69) is 4.72 Å². The lowest BCUT2D eigenvalue weighted by Crippen LogP contribution is -2.43. The molecule has 0 bridgehead atoms. The summed E-state index contributed by atoms with van der Waals surface area (Å²) in [5, 5.41) is 0. The van der Waals surface area contributed by atoms with Crippen LogP contribution in [0.15, 0.2) is 35.2 Å². The van der Waals surface area contributed by atoms with E-state index in [4.69, 9.17) is 5.73 Å². The van der Waals surface area contributed by atoms with Gasteiger partial charge in [-0.25, -0.2) is 13.1 Å². The quantitative estimate of drug-likeness (QED) is 0.825. The highest BCUT2D eigenvalue weighted by Crippen LogP contribution is 2.23. The van der Waals surface area contributed by atoms with Crippen LogP contribution in [0.1, 0.15) is 32.1 Å². The second-order valence-corrected chi connectivity index (χ2v) is 6.87. The third-order valence-corrected chi connectivity index (χ3v) is 5.06. The monoisotopic (exact) mass is 296 g/mol. The molecule has 20 heavy (non-hydrogen) atoms. The number of hydrogen-bond acceptors (Lipinski definition) is 4. The molecule has 5 nitrogen and oxygen atoms in total. The number of nitrogens with two attached hydrogens (primary N) is 1. The van der Waals surface area contributed by atoms with Gasteiger partial charge in [-0.15, -0.1) is 0 Å². The van der Waals surface area contributed by atoms with Gasteiger partial charge >= 0.3 is 0 Å². The number of rotatable bonds is 3. The Kier molecular flexibility index (Phi) is 4.77.